The topological polar surface area (TPSA) is 899 Å². The number of carbonyl (C=O) groups excluding carboxylic acids is 2. The molecule has 0 saturated carbocycles. The third kappa shape index (κ3) is 22.5. The summed E-state index contributed by atoms with van der Waals surface area (Å²) in [6, 6.07) is -3.20. The molecule has 55 atom stereocenters. The molecule has 11 aliphatic heterocycles. The highest BCUT2D eigenvalue weighted by Gasteiger charge is 2.62. The molecule has 34 N–H and O–H groups in total. The van der Waals surface area contributed by atoms with Crippen molar-refractivity contribution in [2.24, 2.45) is 0 Å². The van der Waals surface area contributed by atoms with E-state index in [0.717, 1.165) is 13.8 Å². The lowest BCUT2D eigenvalue weighted by molar-refractivity contribution is -0.408. The van der Waals surface area contributed by atoms with Crippen LogP contribution in [0.3, 0.4) is 0 Å². The Hall–Kier alpha value is -3.18. The van der Waals surface area contributed by atoms with Crippen molar-refractivity contribution in [1.82, 2.24) is 10.6 Å². The number of ether oxygens (including phenoxy) is 21. The lowest BCUT2D eigenvalue weighted by atomic mass is 9.92. The van der Waals surface area contributed by atoms with Crippen LogP contribution in [0.4, 0.5) is 0 Å². The normalized spacial score (nSPS) is 51.7. The molecule has 0 spiro atoms. The molecule has 0 radical (unpaired) electrons. The van der Waals surface area contributed by atoms with Crippen LogP contribution in [0, 0.1) is 0 Å². The molecule has 0 aliphatic carbocycles. The van der Waals surface area contributed by atoms with Gasteiger partial charge in [0.05, 0.1) is 84.8 Å². The van der Waals surface area contributed by atoms with Crippen LogP contribution in [-0.4, -0.2) is 585 Å². The van der Waals surface area contributed by atoms with E-state index in [-0.39, 0.29) is 0 Å². The smallest absolute Gasteiger partial charge is 0.217 e. The Morgan fingerprint density at radius 2 is 0.438 bits per heavy atom. The van der Waals surface area contributed by atoms with Crippen LogP contribution >= 0.6 is 0 Å². The van der Waals surface area contributed by atoms with Crippen LogP contribution in [-0.2, 0) is 109 Å². The molecule has 57 nitrogen and oxygen atoms in total. The fraction of sp³-hybridized carbons (Fsp3) is 0.972. The van der Waals surface area contributed by atoms with Gasteiger partial charge in [0.2, 0.25) is 11.8 Å². The van der Waals surface area contributed by atoms with Crippen molar-refractivity contribution in [3.8, 4) is 0 Å². The molecule has 11 aliphatic rings. The minimum absolute atomic E-state index is 0.664. The zero-order valence-corrected chi connectivity index (χ0v) is 68.2. The summed E-state index contributed by atoms with van der Waals surface area (Å²) in [5, 5.41) is 362. The van der Waals surface area contributed by atoms with E-state index >= 15 is 0 Å². The highest BCUT2D eigenvalue weighted by atomic mass is 16.8. The average molecular weight is 1880 g/mol. The molecular formula is C71H120N2O55. The highest BCUT2D eigenvalue weighted by molar-refractivity contribution is 5.73. The van der Waals surface area contributed by atoms with Gasteiger partial charge in [0.15, 0.2) is 62.9 Å². The molecule has 0 aromatic rings. The molecule has 744 valence electrons. The first kappa shape index (κ1) is 105. The van der Waals surface area contributed by atoms with E-state index in [9.17, 15) is 173 Å². The van der Waals surface area contributed by atoms with Crippen molar-refractivity contribution >= 4 is 11.8 Å². The fourth-order valence-corrected chi connectivity index (χ4v) is 16.7. The Morgan fingerprint density at radius 3 is 0.781 bits per heavy atom. The predicted molar refractivity (Wildman–Crippen MR) is 389 cm³/mol. The number of rotatable bonds is 33. The SMILES string of the molecule is CC(=O)NC1[C@H](O[C@@H]2C(CO)O[C@@H](C)C(NC(C)=O)[C@H]2O)OC(CO)[C@@H](O[C@@H]2OC(CO[C@H]3OC(CO[C@H]4OC(CO)[C@@H](O)[C@H](O)C4O[C@H]4OC(CO)[C@@H](O)[C@H](O)C4O)[C@@H](O)[C@H](O[C@H]4O[C@@H](CO)[C@@H](O)C(O)C4O[C@H]4O[C@@H](CO)[C@@H](O)C(O)C4O)C3O)[C@@H](O)[C@H](O[C@H]3O[C@@H](CO)[C@@H](O)C(O)C3O[C@H]3O[C@@H](CO)[C@@H](O)C(O)C3O[C@H]3O[C@@H](CO)[C@@H](O)C(O)C3O)C2O)[C@@H]1O. The number of aliphatic hydroxyl groups is 32. The van der Waals surface area contributed by atoms with Gasteiger partial charge in [-0.05, 0) is 6.92 Å². The van der Waals surface area contributed by atoms with Gasteiger partial charge in [-0.15, -0.1) is 0 Å². The quantitative estimate of drug-likeness (QED) is 0.0290. The van der Waals surface area contributed by atoms with E-state index in [1.54, 1.807) is 0 Å². The van der Waals surface area contributed by atoms with Crippen LogP contribution in [0.5, 0.6) is 0 Å². The summed E-state index contributed by atoms with van der Waals surface area (Å²) < 4.78 is 125. The summed E-state index contributed by atoms with van der Waals surface area (Å²) in [6.07, 6.45) is -115. The maximum absolute atomic E-state index is 13.2. The molecule has 22 unspecified atom stereocenters. The standard InChI is InChI=1S/C71H120N2O55/c1-15-29(72-16(2)83)40(94)54(25(11-81)110-15)121-62-30(73-17(3)84)41(95)55(26(12-82)118-62)122-67-53(107)57(124-70-61(48(102)37(91)23(9-79)116-70)128-71-60(47(101)36(90)24(10-80)117-71)127-66-51(105)44(98)33(87)20(6-76)113-66)39(93)28(120-67)13-108-63-52(106)56(123-69-59(46(100)35(89)22(8-78)115-69)126-65-50(104)43(97)32(86)19(5-75)112-65)38(92)27(119-63)14-109-68-58(45(99)34(88)21(7-77)114-68)125-64-49(103)42(96)31(85)18(4-74)111-64/h15,18-71,74-82,85-107H,4-14H2,1-3H3,(H,72,83)(H,73,84)/t15-,18?,19-,20-,21?,22-,23-,24-,25?,26?,27?,28?,29?,30?,31+,32+,33+,34+,35+,36+,37+,38+,39+,40+,41+,42-,43?,44?,45-,46?,47?,48?,49?,50?,51?,52?,53?,54+,55+,56-,57-,58?,59?,60?,61?,62-,63-,64+,65+,66+,67-,68-,69+,70+,71+/m0/s1. The number of nitrogens with one attached hydrogen (secondary N) is 2. The van der Waals surface area contributed by atoms with Crippen molar-refractivity contribution in [2.75, 3.05) is 72.7 Å². The fourth-order valence-electron chi connectivity index (χ4n) is 16.7. The summed E-state index contributed by atoms with van der Waals surface area (Å²) in [5.41, 5.74) is 0. The Morgan fingerprint density at radius 1 is 0.211 bits per heavy atom. The zero-order chi connectivity index (χ0) is 94.0. The van der Waals surface area contributed by atoms with E-state index in [2.05, 4.69) is 10.6 Å². The van der Waals surface area contributed by atoms with Crippen LogP contribution in [0.2, 0.25) is 0 Å². The molecule has 11 rings (SSSR count). The van der Waals surface area contributed by atoms with Gasteiger partial charge in [-0.25, -0.2) is 0 Å². The Kier molecular flexibility index (Phi) is 37.7. The van der Waals surface area contributed by atoms with Crippen molar-refractivity contribution in [3.05, 3.63) is 0 Å². The maximum Gasteiger partial charge on any atom is 0.217 e. The third-order valence-electron chi connectivity index (χ3n) is 24.0. The van der Waals surface area contributed by atoms with Gasteiger partial charge in [0, 0.05) is 13.8 Å². The Bertz CT molecular complexity index is 3380. The van der Waals surface area contributed by atoms with E-state index in [4.69, 9.17) is 99.5 Å². The Labute approximate surface area is 723 Å². The average Bonchev–Trinajstić information content (AvgIpc) is 0.764. The molecule has 11 fully saturated rings. The molecule has 2 amide bonds. The van der Waals surface area contributed by atoms with E-state index < -0.39 is 422 Å². The molecule has 11 heterocycles. The zero-order valence-electron chi connectivity index (χ0n) is 68.2. The van der Waals surface area contributed by atoms with Crippen LogP contribution in [0.25, 0.3) is 0 Å². The van der Waals surface area contributed by atoms with Gasteiger partial charge in [-0.1, -0.05) is 0 Å². The summed E-state index contributed by atoms with van der Waals surface area (Å²) in [5.74, 6) is -1.62. The van der Waals surface area contributed by atoms with Crippen molar-refractivity contribution < 1.29 is 272 Å². The highest BCUT2D eigenvalue weighted by Crippen LogP contribution is 2.42. The lowest BCUT2D eigenvalue weighted by Crippen LogP contribution is -2.70. The number of hydrogen-bond donors (Lipinski definition) is 34. The third-order valence-corrected chi connectivity index (χ3v) is 24.0. The Balaban J connectivity index is 0.961. The van der Waals surface area contributed by atoms with Gasteiger partial charge >= 0.3 is 0 Å². The van der Waals surface area contributed by atoms with Gasteiger partial charge in [0.25, 0.3) is 0 Å². The monoisotopic (exact) mass is 1880 g/mol. The lowest BCUT2D eigenvalue weighted by Gasteiger charge is -2.51. The molecule has 57 heteroatoms. The first-order valence-corrected chi connectivity index (χ1v) is 41.0. The second-order valence-electron chi connectivity index (χ2n) is 32.7. The van der Waals surface area contributed by atoms with Gasteiger partial charge in [-0.2, -0.15) is 0 Å². The summed E-state index contributed by atoms with van der Waals surface area (Å²) in [4.78, 5) is 25.5. The van der Waals surface area contributed by atoms with Gasteiger partial charge in [0.1, 0.15) is 262 Å². The minimum atomic E-state index is -2.67. The number of hydrogen-bond acceptors (Lipinski definition) is 55. The maximum atomic E-state index is 13.2. The van der Waals surface area contributed by atoms with Crippen LogP contribution in [0.1, 0.15) is 20.8 Å². The van der Waals surface area contributed by atoms with Crippen LogP contribution in [0.15, 0.2) is 0 Å². The van der Waals surface area contributed by atoms with Gasteiger partial charge < -0.3 is 274 Å². The van der Waals surface area contributed by atoms with Gasteiger partial charge in [-0.3, -0.25) is 9.59 Å². The largest absolute Gasteiger partial charge is 0.394 e. The van der Waals surface area contributed by atoms with E-state index in [1.807, 2.05) is 0 Å². The summed E-state index contributed by atoms with van der Waals surface area (Å²) in [6.45, 7) is -9.06. The summed E-state index contributed by atoms with van der Waals surface area (Å²) >= 11 is 0. The predicted octanol–water partition coefficient (Wildman–Crippen LogP) is -23.6. The second-order valence-corrected chi connectivity index (χ2v) is 32.7. The van der Waals surface area contributed by atoms with E-state index in [1.165, 1.54) is 6.92 Å². The first-order chi connectivity index (χ1) is 60.7. The molecule has 0 aromatic carbocycles. The van der Waals surface area contributed by atoms with Crippen molar-refractivity contribution in [3.63, 3.8) is 0 Å². The summed E-state index contributed by atoms with van der Waals surface area (Å²) in [7, 11) is 0. The molecule has 128 heavy (non-hydrogen) atoms. The molecule has 11 saturated heterocycles. The second kappa shape index (κ2) is 45.9. The van der Waals surface area contributed by atoms with Crippen LogP contribution < -0.4 is 10.6 Å². The molecule has 0 bridgehead atoms. The minimum Gasteiger partial charge on any atom is -0.394 e. The molecule has 0 aromatic heterocycles. The number of amides is 2. The van der Waals surface area contributed by atoms with E-state index in [0.29, 0.717) is 0 Å². The number of aliphatic hydroxyl groups excluding tert-OH is 32. The van der Waals surface area contributed by atoms with Crippen molar-refractivity contribution in [2.45, 2.75) is 358 Å². The first-order valence-electron chi connectivity index (χ1n) is 41.0. The molecular weight excluding hydrogens is 1760 g/mol. The van der Waals surface area contributed by atoms with Crippen molar-refractivity contribution in [1.29, 1.82) is 0 Å². The number of carbonyl (C=O) groups is 2.